The second-order valence-electron chi connectivity index (χ2n) is 8.87. The highest BCUT2D eigenvalue weighted by Gasteiger charge is 2.31. The average Bonchev–Trinajstić information content (AvgIpc) is 2.79. The van der Waals surface area contributed by atoms with Gasteiger partial charge in [0.1, 0.15) is 11.6 Å². The Morgan fingerprint density at radius 3 is 2.55 bits per heavy atom. The summed E-state index contributed by atoms with van der Waals surface area (Å²) in [7, 11) is 0. The molecule has 2 aliphatic rings. The lowest BCUT2D eigenvalue weighted by molar-refractivity contribution is -0.137. The van der Waals surface area contributed by atoms with Crippen LogP contribution in [0.5, 0.6) is 5.75 Å². The van der Waals surface area contributed by atoms with E-state index in [1.54, 1.807) is 0 Å². The number of piperidine rings is 1. The van der Waals surface area contributed by atoms with Crippen molar-refractivity contribution < 1.29 is 18.3 Å². The van der Waals surface area contributed by atoms with Crippen molar-refractivity contribution in [2.75, 3.05) is 57.7 Å². The summed E-state index contributed by atoms with van der Waals surface area (Å²) in [5, 5.41) is 25.4. The first-order valence-corrected chi connectivity index (χ1v) is 11.5. The Bertz CT molecular complexity index is 948. The van der Waals surface area contributed by atoms with Gasteiger partial charge in [-0.25, -0.2) is 0 Å². The van der Waals surface area contributed by atoms with Gasteiger partial charge in [0, 0.05) is 57.4 Å². The minimum Gasteiger partial charge on any atom is -0.507 e. The lowest BCUT2D eigenvalue weighted by Crippen LogP contribution is -2.49. The minimum atomic E-state index is -4.51. The number of aromatic nitrogens is 2. The summed E-state index contributed by atoms with van der Waals surface area (Å²) in [6.07, 6.45) is -2.35. The van der Waals surface area contributed by atoms with E-state index in [1.165, 1.54) is 6.07 Å². The predicted molar refractivity (Wildman–Crippen MR) is 121 cm³/mol. The van der Waals surface area contributed by atoms with E-state index in [9.17, 15) is 18.3 Å². The summed E-state index contributed by atoms with van der Waals surface area (Å²) < 4.78 is 38.6. The molecule has 0 saturated carbocycles. The maximum Gasteiger partial charge on any atom is 0.416 e. The van der Waals surface area contributed by atoms with E-state index >= 15 is 0 Å². The molecule has 0 radical (unpaired) electrons. The third-order valence-electron chi connectivity index (χ3n) is 6.36. The van der Waals surface area contributed by atoms with Crippen LogP contribution in [0, 0.1) is 6.92 Å². The van der Waals surface area contributed by atoms with Crippen LogP contribution >= 0.6 is 0 Å². The Balaban J connectivity index is 1.37. The van der Waals surface area contributed by atoms with E-state index in [4.69, 9.17) is 0 Å². The van der Waals surface area contributed by atoms with Crippen molar-refractivity contribution in [1.29, 1.82) is 0 Å². The zero-order valence-corrected chi connectivity index (χ0v) is 18.8. The lowest BCUT2D eigenvalue weighted by Gasteiger charge is -2.35. The third-order valence-corrected chi connectivity index (χ3v) is 6.36. The highest BCUT2D eigenvalue weighted by atomic mass is 19.4. The van der Waals surface area contributed by atoms with Crippen LogP contribution in [0.25, 0.3) is 11.3 Å². The number of alkyl halides is 3. The number of anilines is 1. The normalized spacial score (nSPS) is 20.7. The number of benzene rings is 1. The van der Waals surface area contributed by atoms with Gasteiger partial charge in [-0.2, -0.15) is 13.2 Å². The number of rotatable bonds is 6. The van der Waals surface area contributed by atoms with Gasteiger partial charge in [0.05, 0.1) is 11.3 Å². The first kappa shape index (κ1) is 23.7. The number of nitrogens with zero attached hydrogens (tertiary/aromatic N) is 4. The van der Waals surface area contributed by atoms with E-state index < -0.39 is 17.5 Å². The van der Waals surface area contributed by atoms with E-state index in [0.717, 1.165) is 82.9 Å². The molecule has 1 atom stereocenters. The zero-order valence-electron chi connectivity index (χ0n) is 18.8. The number of hydrogen-bond donors (Lipinski definition) is 3. The predicted octanol–water partition coefficient (Wildman–Crippen LogP) is 2.96. The van der Waals surface area contributed by atoms with E-state index in [1.807, 2.05) is 13.0 Å². The Kier molecular flexibility index (Phi) is 7.35. The van der Waals surface area contributed by atoms with E-state index in [0.29, 0.717) is 11.5 Å². The topological polar surface area (TPSA) is 76.5 Å². The summed E-state index contributed by atoms with van der Waals surface area (Å²) >= 11 is 0. The van der Waals surface area contributed by atoms with Gasteiger partial charge < -0.3 is 20.6 Å². The molecule has 3 N–H and O–H groups in total. The van der Waals surface area contributed by atoms with Crippen molar-refractivity contribution in [3.8, 4) is 17.0 Å². The van der Waals surface area contributed by atoms with Crippen molar-refractivity contribution in [1.82, 2.24) is 25.3 Å². The Morgan fingerprint density at radius 1 is 1.09 bits per heavy atom. The number of aromatic hydroxyl groups is 1. The fourth-order valence-corrected chi connectivity index (χ4v) is 4.53. The molecular weight excluding hydrogens is 433 g/mol. The quantitative estimate of drug-likeness (QED) is 0.607. The molecule has 7 nitrogen and oxygen atoms in total. The SMILES string of the molecule is Cc1cc(N[C@@H]2CCCN(CCN3CCNCC3)C2)nnc1-c1ccc(C(F)(F)F)cc1O. The molecule has 0 unspecified atom stereocenters. The minimum absolute atomic E-state index is 0.233. The molecule has 0 aliphatic carbocycles. The number of nitrogens with one attached hydrogen (secondary N) is 2. The number of phenolic OH excluding ortho intramolecular Hbond substituents is 1. The van der Waals surface area contributed by atoms with Gasteiger partial charge in [-0.3, -0.25) is 4.90 Å². The first-order valence-electron chi connectivity index (χ1n) is 11.5. The average molecular weight is 465 g/mol. The third kappa shape index (κ3) is 6.13. The van der Waals surface area contributed by atoms with Crippen LogP contribution in [0.1, 0.15) is 24.0 Å². The largest absolute Gasteiger partial charge is 0.507 e. The number of halogens is 3. The van der Waals surface area contributed by atoms with Crippen LogP contribution in [0.2, 0.25) is 0 Å². The van der Waals surface area contributed by atoms with Crippen LogP contribution in [0.15, 0.2) is 24.3 Å². The zero-order chi connectivity index (χ0) is 23.4. The number of piperazine rings is 1. The van der Waals surface area contributed by atoms with Crippen molar-refractivity contribution in [3.63, 3.8) is 0 Å². The lowest BCUT2D eigenvalue weighted by atomic mass is 10.0. The number of phenols is 1. The fraction of sp³-hybridized carbons (Fsp3) is 0.565. The van der Waals surface area contributed by atoms with Crippen LogP contribution in [-0.2, 0) is 6.18 Å². The summed E-state index contributed by atoms with van der Waals surface area (Å²) in [5.41, 5.74) is 0.435. The Labute approximate surface area is 192 Å². The van der Waals surface area contributed by atoms with Gasteiger partial charge in [-0.15, -0.1) is 10.2 Å². The molecule has 3 heterocycles. The maximum absolute atomic E-state index is 12.9. The molecule has 0 bridgehead atoms. The van der Waals surface area contributed by atoms with Crippen LogP contribution in [-0.4, -0.2) is 83.5 Å². The van der Waals surface area contributed by atoms with Crippen LogP contribution in [0.3, 0.4) is 0 Å². The van der Waals surface area contributed by atoms with Gasteiger partial charge >= 0.3 is 6.18 Å². The molecule has 2 aliphatic heterocycles. The van der Waals surface area contributed by atoms with E-state index in [2.05, 4.69) is 30.6 Å². The highest BCUT2D eigenvalue weighted by Crippen LogP contribution is 2.36. The molecule has 2 aromatic rings. The summed E-state index contributed by atoms with van der Waals surface area (Å²) in [6.45, 7) is 10.3. The highest BCUT2D eigenvalue weighted by molar-refractivity contribution is 5.70. The molecule has 1 aromatic carbocycles. The second-order valence-corrected chi connectivity index (χ2v) is 8.87. The van der Waals surface area contributed by atoms with E-state index in [-0.39, 0.29) is 11.6 Å². The molecule has 1 aromatic heterocycles. The molecule has 0 spiro atoms. The summed E-state index contributed by atoms with van der Waals surface area (Å²) in [5.74, 6) is 0.173. The van der Waals surface area contributed by atoms with Gasteiger partial charge in [-0.1, -0.05) is 0 Å². The Morgan fingerprint density at radius 2 is 1.85 bits per heavy atom. The monoisotopic (exact) mass is 464 g/mol. The number of aryl methyl sites for hydroxylation is 1. The molecule has 10 heteroatoms. The van der Waals surface area contributed by atoms with Crippen molar-refractivity contribution in [2.45, 2.75) is 32.0 Å². The van der Waals surface area contributed by atoms with Crippen molar-refractivity contribution in [3.05, 3.63) is 35.4 Å². The van der Waals surface area contributed by atoms with Gasteiger partial charge in [-0.05, 0) is 56.1 Å². The molecule has 2 saturated heterocycles. The van der Waals surface area contributed by atoms with Gasteiger partial charge in [0.2, 0.25) is 0 Å². The Hall–Kier alpha value is -2.43. The van der Waals surface area contributed by atoms with Gasteiger partial charge in [0.15, 0.2) is 0 Å². The molecule has 180 valence electrons. The molecule has 0 amide bonds. The molecule has 4 rings (SSSR count). The summed E-state index contributed by atoms with van der Waals surface area (Å²) in [6, 6.07) is 5.00. The maximum atomic E-state index is 12.9. The van der Waals surface area contributed by atoms with Crippen LogP contribution in [0.4, 0.5) is 19.0 Å². The van der Waals surface area contributed by atoms with Gasteiger partial charge in [0.25, 0.3) is 0 Å². The molecule has 2 fully saturated rings. The standard InChI is InChI=1S/C23H31F3N6O/c1-16-13-21(29-30-22(16)19-5-4-17(14-20(19)33)23(24,25)26)28-18-3-2-8-32(15-18)12-11-31-9-6-27-7-10-31/h4-5,13-14,18,27,33H,2-3,6-12,15H2,1H3,(H,28,29)/t18-/m1/s1. The molecular formula is C23H31F3N6O. The summed E-state index contributed by atoms with van der Waals surface area (Å²) in [4.78, 5) is 4.98. The number of hydrogen-bond acceptors (Lipinski definition) is 7. The van der Waals surface area contributed by atoms with Crippen LogP contribution < -0.4 is 10.6 Å². The van der Waals surface area contributed by atoms with Crippen molar-refractivity contribution >= 4 is 5.82 Å². The second kappa shape index (κ2) is 10.2. The number of likely N-dealkylation sites (tertiary alicyclic amines) is 1. The smallest absolute Gasteiger partial charge is 0.416 e. The first-order chi connectivity index (χ1) is 15.8. The molecule has 33 heavy (non-hydrogen) atoms. The van der Waals surface area contributed by atoms with Crippen molar-refractivity contribution in [2.24, 2.45) is 0 Å². The fourth-order valence-electron chi connectivity index (χ4n) is 4.53.